The molecule has 0 bridgehead atoms. The summed E-state index contributed by atoms with van der Waals surface area (Å²) in [6, 6.07) is 0.204. The summed E-state index contributed by atoms with van der Waals surface area (Å²) in [4.78, 5) is 13.3. The second kappa shape index (κ2) is 4.17. The van der Waals surface area contributed by atoms with E-state index < -0.39 is 5.60 Å². The highest BCUT2D eigenvalue weighted by Gasteiger charge is 2.34. The molecule has 1 aliphatic heterocycles. The fraction of sp³-hybridized carbons (Fsp3) is 0.900. The average molecular weight is 201 g/mol. The number of nitrogens with zero attached hydrogens (tertiary/aromatic N) is 1. The van der Waals surface area contributed by atoms with Gasteiger partial charge in [0.05, 0.1) is 12.6 Å². The van der Waals surface area contributed by atoms with Crippen LogP contribution in [-0.2, 0) is 9.47 Å². The van der Waals surface area contributed by atoms with Crippen LogP contribution in [0.5, 0.6) is 0 Å². The maximum atomic E-state index is 11.6. The molecular formula is C10H19NO3. The average Bonchev–Trinajstić information content (AvgIpc) is 1.93. The molecule has 0 aromatic heterocycles. The minimum Gasteiger partial charge on any atom is -0.444 e. The van der Waals surface area contributed by atoms with Crippen molar-refractivity contribution in [2.75, 3.05) is 20.3 Å². The van der Waals surface area contributed by atoms with E-state index in [1.807, 2.05) is 20.8 Å². The van der Waals surface area contributed by atoms with Crippen molar-refractivity contribution in [3.63, 3.8) is 0 Å². The van der Waals surface area contributed by atoms with E-state index in [-0.39, 0.29) is 12.1 Å². The maximum Gasteiger partial charge on any atom is 0.410 e. The van der Waals surface area contributed by atoms with Crippen molar-refractivity contribution in [1.82, 2.24) is 4.90 Å². The number of ether oxygens (including phenoxy) is 2. The third-order valence-electron chi connectivity index (χ3n) is 2.13. The highest BCUT2D eigenvalue weighted by molar-refractivity contribution is 5.69. The third kappa shape index (κ3) is 2.87. The Balaban J connectivity index is 2.38. The van der Waals surface area contributed by atoms with Gasteiger partial charge in [0.25, 0.3) is 0 Å². The molecule has 14 heavy (non-hydrogen) atoms. The summed E-state index contributed by atoms with van der Waals surface area (Å²) in [5, 5.41) is 0. The van der Waals surface area contributed by atoms with Crippen molar-refractivity contribution >= 4 is 6.09 Å². The van der Waals surface area contributed by atoms with Gasteiger partial charge < -0.3 is 14.4 Å². The van der Waals surface area contributed by atoms with Crippen LogP contribution in [0.4, 0.5) is 4.79 Å². The standard InChI is InChI=1S/C10H19NO3/c1-10(2,3)14-9(12)11-6-5-8(11)7-13-4/h8H,5-7H2,1-4H3. The highest BCUT2D eigenvalue weighted by atomic mass is 16.6. The van der Waals surface area contributed by atoms with E-state index in [1.165, 1.54) is 0 Å². The molecule has 0 N–H and O–H groups in total. The Labute approximate surface area is 85.2 Å². The third-order valence-corrected chi connectivity index (χ3v) is 2.13. The van der Waals surface area contributed by atoms with Crippen molar-refractivity contribution in [3.05, 3.63) is 0 Å². The van der Waals surface area contributed by atoms with Gasteiger partial charge in [-0.05, 0) is 27.2 Å². The molecule has 4 heteroatoms. The van der Waals surface area contributed by atoms with Gasteiger partial charge in [-0.3, -0.25) is 0 Å². The van der Waals surface area contributed by atoms with Gasteiger partial charge >= 0.3 is 6.09 Å². The summed E-state index contributed by atoms with van der Waals surface area (Å²) in [5.41, 5.74) is -0.412. The normalized spacial score (nSPS) is 21.7. The molecule has 1 amide bonds. The van der Waals surface area contributed by atoms with Crippen molar-refractivity contribution in [2.45, 2.75) is 38.8 Å². The molecule has 0 aliphatic carbocycles. The van der Waals surface area contributed by atoms with Crippen LogP contribution in [0.2, 0.25) is 0 Å². The largest absolute Gasteiger partial charge is 0.444 e. The van der Waals surface area contributed by atoms with Gasteiger partial charge in [0.1, 0.15) is 5.60 Å². The van der Waals surface area contributed by atoms with E-state index in [2.05, 4.69) is 0 Å². The molecule has 1 saturated heterocycles. The first-order valence-electron chi connectivity index (χ1n) is 4.92. The van der Waals surface area contributed by atoms with E-state index in [4.69, 9.17) is 9.47 Å². The lowest BCUT2D eigenvalue weighted by atomic mass is 10.1. The quantitative estimate of drug-likeness (QED) is 0.681. The summed E-state index contributed by atoms with van der Waals surface area (Å²) in [6.45, 7) is 6.99. The zero-order chi connectivity index (χ0) is 10.8. The zero-order valence-electron chi connectivity index (χ0n) is 9.37. The highest BCUT2D eigenvalue weighted by Crippen LogP contribution is 2.21. The molecule has 0 radical (unpaired) electrons. The zero-order valence-corrected chi connectivity index (χ0v) is 9.37. The predicted octanol–water partition coefficient (Wildman–Crippen LogP) is 1.64. The number of rotatable bonds is 2. The fourth-order valence-electron chi connectivity index (χ4n) is 1.37. The van der Waals surface area contributed by atoms with E-state index in [0.717, 1.165) is 13.0 Å². The summed E-state index contributed by atoms with van der Waals surface area (Å²) in [7, 11) is 1.64. The SMILES string of the molecule is COCC1CCN1C(=O)OC(C)(C)C. The lowest BCUT2D eigenvalue weighted by Gasteiger charge is -2.40. The predicted molar refractivity (Wildman–Crippen MR) is 53.2 cm³/mol. The Hall–Kier alpha value is -0.770. The van der Waals surface area contributed by atoms with Crippen molar-refractivity contribution in [3.8, 4) is 0 Å². The van der Waals surface area contributed by atoms with Crippen LogP contribution in [0.1, 0.15) is 27.2 Å². The van der Waals surface area contributed by atoms with E-state index >= 15 is 0 Å². The topological polar surface area (TPSA) is 38.8 Å². The van der Waals surface area contributed by atoms with Gasteiger partial charge in [0.2, 0.25) is 0 Å². The molecular weight excluding hydrogens is 182 g/mol. The molecule has 4 nitrogen and oxygen atoms in total. The second-order valence-electron chi connectivity index (χ2n) is 4.57. The van der Waals surface area contributed by atoms with Gasteiger partial charge in [-0.1, -0.05) is 0 Å². The van der Waals surface area contributed by atoms with Crippen LogP contribution in [-0.4, -0.2) is 42.9 Å². The summed E-state index contributed by atoms with van der Waals surface area (Å²) >= 11 is 0. The van der Waals surface area contributed by atoms with E-state index in [0.29, 0.717) is 6.61 Å². The van der Waals surface area contributed by atoms with Crippen molar-refractivity contribution in [2.24, 2.45) is 0 Å². The molecule has 0 aromatic rings. The van der Waals surface area contributed by atoms with Crippen LogP contribution in [0, 0.1) is 0 Å². The summed E-state index contributed by atoms with van der Waals surface area (Å²) in [6.07, 6.45) is 0.776. The molecule has 0 aromatic carbocycles. The number of methoxy groups -OCH3 is 1. The smallest absolute Gasteiger partial charge is 0.410 e. The molecule has 1 rings (SSSR count). The maximum absolute atomic E-state index is 11.6. The molecule has 1 aliphatic rings. The van der Waals surface area contributed by atoms with Gasteiger partial charge in [-0.15, -0.1) is 0 Å². The monoisotopic (exact) mass is 201 g/mol. The van der Waals surface area contributed by atoms with Gasteiger partial charge in [0.15, 0.2) is 0 Å². The lowest BCUT2D eigenvalue weighted by molar-refractivity contribution is -0.0218. The van der Waals surface area contributed by atoms with Gasteiger partial charge in [-0.2, -0.15) is 0 Å². The van der Waals surface area contributed by atoms with Gasteiger partial charge in [0, 0.05) is 13.7 Å². The first-order valence-corrected chi connectivity index (χ1v) is 4.92. The molecule has 0 saturated carbocycles. The molecule has 82 valence electrons. The summed E-state index contributed by atoms with van der Waals surface area (Å²) < 4.78 is 10.3. The number of hydrogen-bond donors (Lipinski definition) is 0. The van der Waals surface area contributed by atoms with Crippen molar-refractivity contribution in [1.29, 1.82) is 0 Å². The summed E-state index contributed by atoms with van der Waals surface area (Å²) in [5.74, 6) is 0. The van der Waals surface area contributed by atoms with E-state index in [1.54, 1.807) is 12.0 Å². The van der Waals surface area contributed by atoms with Crippen molar-refractivity contribution < 1.29 is 14.3 Å². The molecule has 1 fully saturated rings. The number of carbonyl (C=O) groups is 1. The van der Waals surface area contributed by atoms with Crippen LogP contribution < -0.4 is 0 Å². The minimum absolute atomic E-state index is 0.204. The van der Waals surface area contributed by atoms with Crippen LogP contribution in [0.25, 0.3) is 0 Å². The van der Waals surface area contributed by atoms with Gasteiger partial charge in [-0.25, -0.2) is 4.79 Å². The molecule has 1 heterocycles. The number of carbonyl (C=O) groups excluding carboxylic acids is 1. The van der Waals surface area contributed by atoms with E-state index in [9.17, 15) is 4.79 Å². The van der Waals surface area contributed by atoms with Crippen LogP contribution >= 0.6 is 0 Å². The Morgan fingerprint density at radius 3 is 2.50 bits per heavy atom. The number of hydrogen-bond acceptors (Lipinski definition) is 3. The first kappa shape index (κ1) is 11.3. The Bertz CT molecular complexity index is 210. The van der Waals surface area contributed by atoms with Crippen LogP contribution in [0.15, 0.2) is 0 Å². The first-order chi connectivity index (χ1) is 6.44. The Morgan fingerprint density at radius 1 is 1.50 bits per heavy atom. The number of amides is 1. The Kier molecular flexibility index (Phi) is 3.37. The number of likely N-dealkylation sites (tertiary alicyclic amines) is 1. The minimum atomic E-state index is -0.412. The lowest BCUT2D eigenvalue weighted by Crippen LogP contribution is -2.54. The molecule has 0 spiro atoms. The molecule has 1 unspecified atom stereocenters. The second-order valence-corrected chi connectivity index (χ2v) is 4.57. The molecule has 1 atom stereocenters. The van der Waals surface area contributed by atoms with Crippen LogP contribution in [0.3, 0.4) is 0 Å². The Morgan fingerprint density at radius 2 is 2.14 bits per heavy atom. The fourth-order valence-corrected chi connectivity index (χ4v) is 1.37.